The Morgan fingerprint density at radius 1 is 0.824 bits per heavy atom. The Labute approximate surface area is 107 Å². The number of nitrogens with one attached hydrogen (secondary N) is 2. The van der Waals surface area contributed by atoms with Crippen LogP contribution >= 0.6 is 0 Å². The number of hydrogen-bond donors (Lipinski definition) is 2. The summed E-state index contributed by atoms with van der Waals surface area (Å²) in [7, 11) is -3.44. The van der Waals surface area contributed by atoms with Gasteiger partial charge in [-0.05, 0) is 40.5 Å². The topological polar surface area (TPSA) is 58.2 Å². The number of rotatable bonds is 8. The molecule has 0 atom stereocenters. The molecule has 0 spiro atoms. The summed E-state index contributed by atoms with van der Waals surface area (Å²) in [5.74, 6) is 0. The fraction of sp³-hybridized carbons (Fsp3) is 1.00. The lowest BCUT2D eigenvalue weighted by Gasteiger charge is -2.30. The summed E-state index contributed by atoms with van der Waals surface area (Å²) in [4.78, 5) is 0. The normalized spacial score (nSPS) is 14.0. The quantitative estimate of drug-likeness (QED) is 0.708. The summed E-state index contributed by atoms with van der Waals surface area (Å²) in [5.41, 5.74) is -0.800. The van der Waals surface area contributed by atoms with Gasteiger partial charge >= 0.3 is 0 Å². The third-order valence-electron chi connectivity index (χ3n) is 2.57. The summed E-state index contributed by atoms with van der Waals surface area (Å²) in [5, 5.41) is 0. The molecule has 0 amide bonds. The molecule has 0 bridgehead atoms. The fourth-order valence-corrected chi connectivity index (χ4v) is 3.82. The maximum atomic E-state index is 12.0. The van der Waals surface area contributed by atoms with Crippen molar-refractivity contribution in [1.29, 1.82) is 0 Å². The van der Waals surface area contributed by atoms with Crippen molar-refractivity contribution in [3.8, 4) is 0 Å². The monoisotopic (exact) mass is 264 g/mol. The zero-order chi connectivity index (χ0) is 13.7. The Balaban J connectivity index is 4.60. The van der Waals surface area contributed by atoms with Gasteiger partial charge in [-0.2, -0.15) is 17.9 Å². The van der Waals surface area contributed by atoms with Gasteiger partial charge < -0.3 is 0 Å². The highest BCUT2D eigenvalue weighted by atomic mass is 32.2. The van der Waals surface area contributed by atoms with E-state index >= 15 is 0 Å². The Hall–Kier alpha value is -0.130. The van der Waals surface area contributed by atoms with Crippen LogP contribution in [-0.2, 0) is 10.2 Å². The lowest BCUT2D eigenvalue weighted by atomic mass is 10.0. The molecule has 2 N–H and O–H groups in total. The highest BCUT2D eigenvalue weighted by Gasteiger charge is 2.28. The predicted octanol–water partition coefficient (Wildman–Crippen LogP) is 2.57. The molecular weight excluding hydrogens is 236 g/mol. The molecule has 17 heavy (non-hydrogen) atoms. The Kier molecular flexibility index (Phi) is 6.11. The molecule has 0 aromatic heterocycles. The minimum absolute atomic E-state index is 0.400. The van der Waals surface area contributed by atoms with Crippen LogP contribution in [0, 0.1) is 0 Å². The first-order valence-electron chi connectivity index (χ1n) is 6.36. The van der Waals surface area contributed by atoms with E-state index in [1.54, 1.807) is 0 Å². The van der Waals surface area contributed by atoms with Crippen molar-refractivity contribution in [2.75, 3.05) is 0 Å². The first-order chi connectivity index (χ1) is 7.54. The van der Waals surface area contributed by atoms with Crippen LogP contribution in [0.2, 0.25) is 0 Å². The standard InChI is InChI=1S/C12H28N2O2S/c1-7-9-11(3,4)13-17(15,16)14-12(5,6)10-8-2/h13-14H,7-10H2,1-6H3. The Morgan fingerprint density at radius 2 is 1.12 bits per heavy atom. The summed E-state index contributed by atoms with van der Waals surface area (Å²) in [6, 6.07) is 0. The fourth-order valence-electron chi connectivity index (χ4n) is 2.11. The van der Waals surface area contributed by atoms with Crippen LogP contribution in [0.15, 0.2) is 0 Å². The summed E-state index contributed by atoms with van der Waals surface area (Å²) >= 11 is 0. The first kappa shape index (κ1) is 16.9. The second-order valence-corrected chi connectivity index (χ2v) is 7.39. The van der Waals surface area contributed by atoms with E-state index < -0.39 is 21.3 Å². The predicted molar refractivity (Wildman–Crippen MR) is 73.2 cm³/mol. The molecule has 0 aliphatic rings. The highest BCUT2D eigenvalue weighted by Crippen LogP contribution is 2.15. The van der Waals surface area contributed by atoms with Gasteiger partial charge in [0.2, 0.25) is 0 Å². The van der Waals surface area contributed by atoms with E-state index in [0.717, 1.165) is 25.7 Å². The molecule has 0 rings (SSSR count). The van der Waals surface area contributed by atoms with Crippen LogP contribution in [0.4, 0.5) is 0 Å². The van der Waals surface area contributed by atoms with Gasteiger partial charge in [0.25, 0.3) is 10.2 Å². The molecule has 104 valence electrons. The number of hydrogen-bond acceptors (Lipinski definition) is 2. The summed E-state index contributed by atoms with van der Waals surface area (Å²) < 4.78 is 29.4. The minimum atomic E-state index is -3.44. The van der Waals surface area contributed by atoms with Gasteiger partial charge in [0.05, 0.1) is 0 Å². The van der Waals surface area contributed by atoms with Gasteiger partial charge in [-0.3, -0.25) is 0 Å². The zero-order valence-electron chi connectivity index (χ0n) is 12.1. The molecule has 0 aliphatic carbocycles. The maximum absolute atomic E-state index is 12.0. The van der Waals surface area contributed by atoms with Crippen molar-refractivity contribution in [3.63, 3.8) is 0 Å². The lowest BCUT2D eigenvalue weighted by molar-refractivity contribution is 0.385. The smallest absolute Gasteiger partial charge is 0.197 e. The van der Waals surface area contributed by atoms with Crippen LogP contribution in [0.3, 0.4) is 0 Å². The Morgan fingerprint density at radius 3 is 1.35 bits per heavy atom. The average molecular weight is 264 g/mol. The minimum Gasteiger partial charge on any atom is -0.197 e. The molecule has 0 radical (unpaired) electrons. The van der Waals surface area contributed by atoms with Gasteiger partial charge in [0.1, 0.15) is 0 Å². The zero-order valence-corrected chi connectivity index (χ0v) is 12.9. The van der Waals surface area contributed by atoms with E-state index in [4.69, 9.17) is 0 Å². The molecule has 0 fully saturated rings. The molecule has 0 saturated heterocycles. The summed E-state index contributed by atoms with van der Waals surface area (Å²) in [6.45, 7) is 11.7. The largest absolute Gasteiger partial charge is 0.277 e. The second-order valence-electron chi connectivity index (χ2n) is 5.98. The van der Waals surface area contributed by atoms with Crippen molar-refractivity contribution >= 4 is 10.2 Å². The first-order valence-corrected chi connectivity index (χ1v) is 7.85. The van der Waals surface area contributed by atoms with Gasteiger partial charge in [-0.15, -0.1) is 0 Å². The van der Waals surface area contributed by atoms with Crippen LogP contribution in [0.25, 0.3) is 0 Å². The van der Waals surface area contributed by atoms with E-state index in [-0.39, 0.29) is 0 Å². The summed E-state index contributed by atoms with van der Waals surface area (Å²) in [6.07, 6.45) is 3.55. The van der Waals surface area contributed by atoms with Crippen LogP contribution in [-0.4, -0.2) is 19.5 Å². The third kappa shape index (κ3) is 7.73. The third-order valence-corrected chi connectivity index (χ3v) is 4.21. The van der Waals surface area contributed by atoms with Crippen molar-refractivity contribution in [2.45, 2.75) is 78.3 Å². The Bertz CT molecular complexity index is 295. The molecule has 0 aliphatic heterocycles. The van der Waals surface area contributed by atoms with E-state index in [2.05, 4.69) is 9.44 Å². The van der Waals surface area contributed by atoms with Gasteiger partial charge in [-0.25, -0.2) is 0 Å². The van der Waals surface area contributed by atoms with Crippen molar-refractivity contribution < 1.29 is 8.42 Å². The van der Waals surface area contributed by atoms with Crippen molar-refractivity contribution in [1.82, 2.24) is 9.44 Å². The molecule has 0 saturated carbocycles. The molecule has 0 aromatic rings. The lowest BCUT2D eigenvalue weighted by Crippen LogP contribution is -2.54. The highest BCUT2D eigenvalue weighted by molar-refractivity contribution is 7.87. The molecular formula is C12H28N2O2S. The van der Waals surface area contributed by atoms with E-state index in [9.17, 15) is 8.42 Å². The van der Waals surface area contributed by atoms with Gasteiger partial charge in [-0.1, -0.05) is 26.7 Å². The van der Waals surface area contributed by atoms with Crippen LogP contribution < -0.4 is 9.44 Å². The second kappa shape index (κ2) is 6.16. The van der Waals surface area contributed by atoms with E-state index in [1.165, 1.54) is 0 Å². The molecule has 0 heterocycles. The maximum Gasteiger partial charge on any atom is 0.277 e. The average Bonchev–Trinajstić information content (AvgIpc) is 1.96. The SMILES string of the molecule is CCCC(C)(C)NS(=O)(=O)NC(C)(C)CCC. The molecule has 4 nitrogen and oxygen atoms in total. The van der Waals surface area contributed by atoms with Crippen LogP contribution in [0.1, 0.15) is 67.2 Å². The van der Waals surface area contributed by atoms with Crippen molar-refractivity contribution in [3.05, 3.63) is 0 Å². The molecule has 0 unspecified atom stereocenters. The van der Waals surface area contributed by atoms with Crippen molar-refractivity contribution in [2.24, 2.45) is 0 Å². The molecule has 5 heteroatoms. The van der Waals surface area contributed by atoms with E-state index in [1.807, 2.05) is 41.5 Å². The molecule has 0 aromatic carbocycles. The van der Waals surface area contributed by atoms with Crippen LogP contribution in [0.5, 0.6) is 0 Å². The van der Waals surface area contributed by atoms with E-state index in [0.29, 0.717) is 0 Å². The van der Waals surface area contributed by atoms with Gasteiger partial charge in [0.15, 0.2) is 0 Å². The van der Waals surface area contributed by atoms with Gasteiger partial charge in [0, 0.05) is 11.1 Å².